The first-order chi connectivity index (χ1) is 10.6. The molecule has 0 bridgehead atoms. The molecule has 2 aromatic carbocycles. The van der Waals surface area contributed by atoms with Gasteiger partial charge < -0.3 is 15.4 Å². The molecule has 0 fully saturated rings. The van der Waals surface area contributed by atoms with Gasteiger partial charge in [0.15, 0.2) is 0 Å². The van der Waals surface area contributed by atoms with Gasteiger partial charge in [0.1, 0.15) is 5.75 Å². The lowest BCUT2D eigenvalue weighted by Crippen LogP contribution is -2.34. The molecule has 0 saturated carbocycles. The largest absolute Gasteiger partial charge is 0.497 e. The van der Waals surface area contributed by atoms with Gasteiger partial charge in [-0.25, -0.2) is 0 Å². The van der Waals surface area contributed by atoms with Crippen LogP contribution >= 0.6 is 15.9 Å². The third-order valence-electron chi connectivity index (χ3n) is 2.90. The molecule has 0 atom stereocenters. The summed E-state index contributed by atoms with van der Waals surface area (Å²) < 4.78 is 6.00. The fourth-order valence-corrected chi connectivity index (χ4v) is 2.03. The Morgan fingerprint density at radius 2 is 1.82 bits per heavy atom. The Morgan fingerprint density at radius 3 is 2.50 bits per heavy atom. The lowest BCUT2D eigenvalue weighted by molar-refractivity contribution is -0.136. The van der Waals surface area contributed by atoms with E-state index in [1.54, 1.807) is 37.4 Å². The highest BCUT2D eigenvalue weighted by Gasteiger charge is 2.13. The van der Waals surface area contributed by atoms with Crippen molar-refractivity contribution in [1.29, 1.82) is 0 Å². The Kier molecular flexibility index (Phi) is 5.55. The molecule has 22 heavy (non-hydrogen) atoms. The topological polar surface area (TPSA) is 67.4 Å². The molecule has 0 aromatic heterocycles. The zero-order valence-corrected chi connectivity index (χ0v) is 13.5. The molecule has 0 unspecified atom stereocenters. The van der Waals surface area contributed by atoms with Crippen LogP contribution in [0.15, 0.2) is 53.0 Å². The molecule has 6 heteroatoms. The van der Waals surface area contributed by atoms with Crippen molar-refractivity contribution < 1.29 is 14.3 Å². The number of halogens is 1. The number of anilines is 1. The van der Waals surface area contributed by atoms with E-state index in [4.69, 9.17) is 4.74 Å². The second kappa shape index (κ2) is 7.61. The van der Waals surface area contributed by atoms with E-state index in [0.717, 1.165) is 10.0 Å². The number of amides is 2. The van der Waals surface area contributed by atoms with Crippen molar-refractivity contribution in [3.63, 3.8) is 0 Å². The van der Waals surface area contributed by atoms with Crippen LogP contribution in [0.25, 0.3) is 0 Å². The molecule has 0 aliphatic heterocycles. The lowest BCUT2D eigenvalue weighted by Gasteiger charge is -2.08. The second-order valence-corrected chi connectivity index (χ2v) is 5.41. The summed E-state index contributed by atoms with van der Waals surface area (Å²) in [6, 6.07) is 14.2. The molecule has 2 aromatic rings. The molecule has 2 N–H and O–H groups in total. The Balaban J connectivity index is 1.88. The maximum atomic E-state index is 11.8. The number of hydrogen-bond acceptors (Lipinski definition) is 3. The molecule has 0 radical (unpaired) electrons. The number of methoxy groups -OCH3 is 1. The van der Waals surface area contributed by atoms with Crippen molar-refractivity contribution >= 4 is 33.4 Å². The number of ether oxygens (including phenoxy) is 1. The van der Waals surface area contributed by atoms with Crippen molar-refractivity contribution in [1.82, 2.24) is 5.32 Å². The van der Waals surface area contributed by atoms with Gasteiger partial charge in [-0.1, -0.05) is 28.1 Å². The third kappa shape index (κ3) is 4.60. The van der Waals surface area contributed by atoms with Gasteiger partial charge in [0, 0.05) is 16.7 Å². The van der Waals surface area contributed by atoms with Gasteiger partial charge in [-0.3, -0.25) is 9.59 Å². The average molecular weight is 363 g/mol. The van der Waals surface area contributed by atoms with E-state index >= 15 is 0 Å². The van der Waals surface area contributed by atoms with Crippen molar-refractivity contribution in [2.24, 2.45) is 0 Å². The molecule has 0 spiro atoms. The Hall–Kier alpha value is -2.34. The normalized spacial score (nSPS) is 9.91. The van der Waals surface area contributed by atoms with Gasteiger partial charge in [-0.15, -0.1) is 0 Å². The van der Waals surface area contributed by atoms with Crippen molar-refractivity contribution in [3.8, 4) is 5.75 Å². The molecular weight excluding hydrogens is 348 g/mol. The molecule has 0 heterocycles. The van der Waals surface area contributed by atoms with E-state index in [-0.39, 0.29) is 6.54 Å². The van der Waals surface area contributed by atoms with Crippen LogP contribution in [0.1, 0.15) is 5.56 Å². The second-order valence-electron chi connectivity index (χ2n) is 4.50. The summed E-state index contributed by atoms with van der Waals surface area (Å²) in [5, 5.41) is 5.10. The van der Waals surface area contributed by atoms with E-state index < -0.39 is 11.8 Å². The molecule has 2 amide bonds. The number of carbonyl (C=O) groups is 2. The van der Waals surface area contributed by atoms with Crippen LogP contribution in [0.5, 0.6) is 5.75 Å². The smallest absolute Gasteiger partial charge is 0.313 e. The summed E-state index contributed by atoms with van der Waals surface area (Å²) in [5.41, 5.74) is 1.41. The lowest BCUT2D eigenvalue weighted by atomic mass is 10.2. The van der Waals surface area contributed by atoms with E-state index in [9.17, 15) is 9.59 Å². The zero-order chi connectivity index (χ0) is 15.9. The standard InChI is InChI=1S/C16H15BrN2O3/c1-22-14-4-2-3-11(9-14)10-18-15(20)16(21)19-13-7-5-12(17)6-8-13/h2-9H,10H2,1H3,(H,18,20)(H,19,21). The van der Waals surface area contributed by atoms with Crippen LogP contribution in [-0.4, -0.2) is 18.9 Å². The number of hydrogen-bond donors (Lipinski definition) is 2. The first kappa shape index (κ1) is 16.0. The predicted molar refractivity (Wildman–Crippen MR) is 87.6 cm³/mol. The van der Waals surface area contributed by atoms with Gasteiger partial charge in [0.05, 0.1) is 7.11 Å². The summed E-state index contributed by atoms with van der Waals surface area (Å²) in [5.74, 6) is -0.693. The molecule has 5 nitrogen and oxygen atoms in total. The summed E-state index contributed by atoms with van der Waals surface area (Å²) in [6.07, 6.45) is 0. The molecule has 0 saturated heterocycles. The van der Waals surface area contributed by atoms with Crippen molar-refractivity contribution in [2.45, 2.75) is 6.54 Å². The van der Waals surface area contributed by atoms with Crippen LogP contribution in [0.2, 0.25) is 0 Å². The highest BCUT2D eigenvalue weighted by Crippen LogP contribution is 2.14. The van der Waals surface area contributed by atoms with Gasteiger partial charge in [0.25, 0.3) is 0 Å². The maximum absolute atomic E-state index is 11.8. The SMILES string of the molecule is COc1cccc(CNC(=O)C(=O)Nc2ccc(Br)cc2)c1. The van der Waals surface area contributed by atoms with E-state index in [1.165, 1.54) is 0 Å². The van der Waals surface area contributed by atoms with Gasteiger partial charge >= 0.3 is 11.8 Å². The molecule has 0 aliphatic rings. The Labute approximate surface area is 136 Å². The van der Waals surface area contributed by atoms with Crippen LogP contribution in [0.4, 0.5) is 5.69 Å². The minimum absolute atomic E-state index is 0.254. The van der Waals surface area contributed by atoms with E-state index in [1.807, 2.05) is 18.2 Å². The summed E-state index contributed by atoms with van der Waals surface area (Å²) in [4.78, 5) is 23.6. The van der Waals surface area contributed by atoms with Crippen LogP contribution in [-0.2, 0) is 16.1 Å². The average Bonchev–Trinajstić information content (AvgIpc) is 2.54. The summed E-state index contributed by atoms with van der Waals surface area (Å²) in [6.45, 7) is 0.254. The van der Waals surface area contributed by atoms with Crippen LogP contribution < -0.4 is 15.4 Å². The third-order valence-corrected chi connectivity index (χ3v) is 3.42. The first-order valence-corrected chi connectivity index (χ1v) is 7.35. The molecule has 0 aliphatic carbocycles. The van der Waals surface area contributed by atoms with E-state index in [2.05, 4.69) is 26.6 Å². The quantitative estimate of drug-likeness (QED) is 0.821. The maximum Gasteiger partial charge on any atom is 0.313 e. The summed E-state index contributed by atoms with van der Waals surface area (Å²) >= 11 is 3.30. The van der Waals surface area contributed by atoms with Crippen LogP contribution in [0, 0.1) is 0 Å². The summed E-state index contributed by atoms with van der Waals surface area (Å²) in [7, 11) is 1.57. The number of carbonyl (C=O) groups excluding carboxylic acids is 2. The predicted octanol–water partition coefficient (Wildman–Crippen LogP) is 2.71. The van der Waals surface area contributed by atoms with Gasteiger partial charge in [-0.05, 0) is 42.0 Å². The highest BCUT2D eigenvalue weighted by atomic mass is 79.9. The molecule has 2 rings (SSSR count). The van der Waals surface area contributed by atoms with E-state index in [0.29, 0.717) is 11.4 Å². The minimum atomic E-state index is -0.704. The van der Waals surface area contributed by atoms with Gasteiger partial charge in [-0.2, -0.15) is 0 Å². The monoisotopic (exact) mass is 362 g/mol. The highest BCUT2D eigenvalue weighted by molar-refractivity contribution is 9.10. The van der Waals surface area contributed by atoms with Gasteiger partial charge in [0.2, 0.25) is 0 Å². The zero-order valence-electron chi connectivity index (χ0n) is 11.9. The fourth-order valence-electron chi connectivity index (χ4n) is 1.77. The minimum Gasteiger partial charge on any atom is -0.497 e. The Bertz CT molecular complexity index is 671. The number of benzene rings is 2. The molecular formula is C16H15BrN2O3. The van der Waals surface area contributed by atoms with Crippen LogP contribution in [0.3, 0.4) is 0 Å². The number of nitrogens with one attached hydrogen (secondary N) is 2. The van der Waals surface area contributed by atoms with Crippen molar-refractivity contribution in [3.05, 3.63) is 58.6 Å². The molecule has 114 valence electrons. The van der Waals surface area contributed by atoms with Crippen molar-refractivity contribution in [2.75, 3.05) is 12.4 Å². The fraction of sp³-hybridized carbons (Fsp3) is 0.125. The Morgan fingerprint density at radius 1 is 1.09 bits per heavy atom. The number of rotatable bonds is 4. The first-order valence-electron chi connectivity index (χ1n) is 6.56.